The topological polar surface area (TPSA) is 40.6 Å². The summed E-state index contributed by atoms with van der Waals surface area (Å²) in [5, 5.41) is 0. The van der Waals surface area contributed by atoms with Crippen LogP contribution in [0.4, 0.5) is 5.69 Å². The number of benzene rings is 2. The number of hydrogen-bond acceptors (Lipinski definition) is 2. The highest BCUT2D eigenvalue weighted by Gasteiger charge is 2.12. The molecule has 2 aromatic rings. The third-order valence-corrected chi connectivity index (χ3v) is 4.46. The molecule has 2 rings (SSSR count). The average Bonchev–Trinajstić information content (AvgIpc) is 2.60. The number of nitrogens with zero attached hydrogens (tertiary/aromatic N) is 2. The van der Waals surface area contributed by atoms with Gasteiger partial charge >= 0.3 is 0 Å². The number of hydrogen-bond donors (Lipinski definition) is 0. The van der Waals surface area contributed by atoms with Crippen LogP contribution < -0.4 is 4.90 Å². The number of halogens is 1. The Morgan fingerprint density at radius 2 is 1.50 bits per heavy atom. The molecule has 2 aromatic carbocycles. The number of rotatable bonds is 5. The molecule has 2 amide bonds. The van der Waals surface area contributed by atoms with Crippen molar-refractivity contribution >= 4 is 40.1 Å². The normalized spacial score (nSPS) is 10.6. The smallest absolute Gasteiger partial charge is 0.250 e. The Balaban J connectivity index is 1.97. The summed E-state index contributed by atoms with van der Waals surface area (Å²) in [7, 11) is 3.41. The van der Waals surface area contributed by atoms with Crippen LogP contribution >= 0.6 is 22.6 Å². The molecule has 0 radical (unpaired) electrons. The molecule has 0 saturated heterocycles. The maximum absolute atomic E-state index is 12.2. The van der Waals surface area contributed by atoms with Gasteiger partial charge in [-0.3, -0.25) is 9.59 Å². The predicted molar refractivity (Wildman–Crippen MR) is 105 cm³/mol. The van der Waals surface area contributed by atoms with Gasteiger partial charge in [0, 0.05) is 36.4 Å². The summed E-state index contributed by atoms with van der Waals surface area (Å²) >= 11 is 2.18. The van der Waals surface area contributed by atoms with Crippen molar-refractivity contribution in [3.05, 3.63) is 75.9 Å². The van der Waals surface area contributed by atoms with E-state index in [1.54, 1.807) is 19.0 Å². The van der Waals surface area contributed by atoms with E-state index in [1.807, 2.05) is 54.6 Å². The van der Waals surface area contributed by atoms with E-state index in [0.717, 1.165) is 14.8 Å². The summed E-state index contributed by atoms with van der Waals surface area (Å²) in [6, 6.07) is 17.3. The average molecular weight is 434 g/mol. The summed E-state index contributed by atoms with van der Waals surface area (Å²) in [5.74, 6) is -0.441. The molecule has 0 fully saturated rings. The fourth-order valence-electron chi connectivity index (χ4n) is 2.16. The van der Waals surface area contributed by atoms with Gasteiger partial charge in [-0.25, -0.2) is 0 Å². The van der Waals surface area contributed by atoms with E-state index in [-0.39, 0.29) is 11.8 Å². The zero-order chi connectivity index (χ0) is 17.5. The van der Waals surface area contributed by atoms with Gasteiger partial charge in [0.05, 0.1) is 5.69 Å². The SMILES string of the molecule is CN(Cc1ccccc1)C(=O)/C=C/C(=O)N(C)c1ccccc1I. The molecule has 24 heavy (non-hydrogen) atoms. The van der Waals surface area contributed by atoms with Gasteiger partial charge < -0.3 is 9.80 Å². The Morgan fingerprint density at radius 3 is 2.17 bits per heavy atom. The molecule has 0 spiro atoms. The number of anilines is 1. The second-order valence-electron chi connectivity index (χ2n) is 5.36. The van der Waals surface area contributed by atoms with Gasteiger partial charge in [0.25, 0.3) is 5.91 Å². The van der Waals surface area contributed by atoms with Crippen molar-refractivity contribution in [2.45, 2.75) is 6.54 Å². The zero-order valence-corrected chi connectivity index (χ0v) is 15.8. The second-order valence-corrected chi connectivity index (χ2v) is 6.52. The van der Waals surface area contributed by atoms with Gasteiger partial charge in [-0.15, -0.1) is 0 Å². The van der Waals surface area contributed by atoms with E-state index in [0.29, 0.717) is 6.54 Å². The van der Waals surface area contributed by atoms with Crippen LogP contribution in [-0.2, 0) is 16.1 Å². The first-order chi connectivity index (χ1) is 11.5. The Bertz CT molecular complexity index is 744. The molecule has 0 saturated carbocycles. The molecule has 5 heteroatoms. The van der Waals surface area contributed by atoms with Crippen LogP contribution in [0.1, 0.15) is 5.56 Å². The maximum atomic E-state index is 12.2. The molecule has 0 atom stereocenters. The van der Waals surface area contributed by atoms with E-state index in [4.69, 9.17) is 0 Å². The molecule has 0 aliphatic heterocycles. The minimum absolute atomic E-state index is 0.205. The van der Waals surface area contributed by atoms with Gasteiger partial charge in [-0.05, 0) is 40.3 Å². The van der Waals surface area contributed by atoms with Crippen LogP contribution in [0.25, 0.3) is 0 Å². The number of carbonyl (C=O) groups excluding carboxylic acids is 2. The van der Waals surface area contributed by atoms with Gasteiger partial charge in [-0.1, -0.05) is 42.5 Å². The van der Waals surface area contributed by atoms with Crippen LogP contribution in [0.15, 0.2) is 66.7 Å². The molecular formula is C19H19IN2O2. The fraction of sp³-hybridized carbons (Fsp3) is 0.158. The van der Waals surface area contributed by atoms with Gasteiger partial charge in [0.2, 0.25) is 5.91 Å². The Labute approximate surface area is 155 Å². The predicted octanol–water partition coefficient (Wildman–Crippen LogP) is 3.47. The highest BCUT2D eigenvalue weighted by molar-refractivity contribution is 14.1. The monoisotopic (exact) mass is 434 g/mol. The number of carbonyl (C=O) groups is 2. The van der Waals surface area contributed by atoms with Crippen LogP contribution in [-0.4, -0.2) is 30.8 Å². The second kappa shape index (κ2) is 8.63. The molecule has 0 bridgehead atoms. The number of para-hydroxylation sites is 1. The lowest BCUT2D eigenvalue weighted by Crippen LogP contribution is -2.27. The summed E-state index contributed by atoms with van der Waals surface area (Å²) in [6.07, 6.45) is 2.63. The minimum atomic E-state index is -0.236. The number of amides is 2. The largest absolute Gasteiger partial charge is 0.338 e. The van der Waals surface area contributed by atoms with Gasteiger partial charge in [0.1, 0.15) is 0 Å². The molecule has 0 N–H and O–H groups in total. The minimum Gasteiger partial charge on any atom is -0.338 e. The Kier molecular flexibility index (Phi) is 6.54. The highest BCUT2D eigenvalue weighted by atomic mass is 127. The maximum Gasteiger partial charge on any atom is 0.250 e. The van der Waals surface area contributed by atoms with Crippen molar-refractivity contribution in [3.8, 4) is 0 Å². The lowest BCUT2D eigenvalue weighted by atomic mass is 10.2. The van der Waals surface area contributed by atoms with Crippen molar-refractivity contribution in [3.63, 3.8) is 0 Å². The van der Waals surface area contributed by atoms with Crippen molar-refractivity contribution in [2.75, 3.05) is 19.0 Å². The van der Waals surface area contributed by atoms with Crippen molar-refractivity contribution in [1.82, 2.24) is 4.90 Å². The van der Waals surface area contributed by atoms with E-state index >= 15 is 0 Å². The molecule has 0 unspecified atom stereocenters. The lowest BCUT2D eigenvalue weighted by Gasteiger charge is -2.17. The summed E-state index contributed by atoms with van der Waals surface area (Å²) in [4.78, 5) is 27.5. The third kappa shape index (κ3) is 4.92. The highest BCUT2D eigenvalue weighted by Crippen LogP contribution is 2.20. The third-order valence-electron chi connectivity index (χ3n) is 3.55. The van der Waals surface area contributed by atoms with Crippen molar-refractivity contribution in [2.24, 2.45) is 0 Å². The molecule has 0 aromatic heterocycles. The summed E-state index contributed by atoms with van der Waals surface area (Å²) in [5.41, 5.74) is 1.86. The van der Waals surface area contributed by atoms with Crippen molar-refractivity contribution in [1.29, 1.82) is 0 Å². The summed E-state index contributed by atoms with van der Waals surface area (Å²) in [6.45, 7) is 0.505. The first-order valence-electron chi connectivity index (χ1n) is 7.48. The fourth-order valence-corrected chi connectivity index (χ4v) is 2.91. The quantitative estimate of drug-likeness (QED) is 0.534. The molecule has 4 nitrogen and oxygen atoms in total. The van der Waals surface area contributed by atoms with Crippen LogP contribution in [0.5, 0.6) is 0 Å². The van der Waals surface area contributed by atoms with Crippen LogP contribution in [0, 0.1) is 3.57 Å². The van der Waals surface area contributed by atoms with Gasteiger partial charge in [-0.2, -0.15) is 0 Å². The molecule has 124 valence electrons. The van der Waals surface area contributed by atoms with Crippen molar-refractivity contribution < 1.29 is 9.59 Å². The molecule has 0 heterocycles. The van der Waals surface area contributed by atoms with Crippen LogP contribution in [0.3, 0.4) is 0 Å². The van der Waals surface area contributed by atoms with Crippen LogP contribution in [0.2, 0.25) is 0 Å². The first-order valence-corrected chi connectivity index (χ1v) is 8.56. The zero-order valence-electron chi connectivity index (χ0n) is 13.6. The van der Waals surface area contributed by atoms with Gasteiger partial charge in [0.15, 0.2) is 0 Å². The molecule has 0 aliphatic carbocycles. The molecule has 0 aliphatic rings. The Morgan fingerprint density at radius 1 is 0.917 bits per heavy atom. The van der Waals surface area contributed by atoms with E-state index in [2.05, 4.69) is 22.6 Å². The van der Waals surface area contributed by atoms with E-state index < -0.39 is 0 Å². The van der Waals surface area contributed by atoms with E-state index in [1.165, 1.54) is 17.1 Å². The first kappa shape index (κ1) is 18.2. The Hall–Kier alpha value is -2.15. The summed E-state index contributed by atoms with van der Waals surface area (Å²) < 4.78 is 0.979. The van der Waals surface area contributed by atoms with E-state index in [9.17, 15) is 9.59 Å². The number of likely N-dealkylation sites (N-methyl/N-ethyl adjacent to an activating group) is 2. The molecular weight excluding hydrogens is 415 g/mol. The lowest BCUT2D eigenvalue weighted by molar-refractivity contribution is -0.125. The standard InChI is InChI=1S/C19H19IN2O2/c1-21(14-15-8-4-3-5-9-15)18(23)12-13-19(24)22(2)17-11-7-6-10-16(17)20/h3-13H,14H2,1-2H3/b13-12+.